The molecule has 0 aliphatic carbocycles. The Labute approximate surface area is 218 Å². The summed E-state index contributed by atoms with van der Waals surface area (Å²) in [5, 5.41) is 0.496. The number of fused-ring (bicyclic) bond motifs is 2. The highest BCUT2D eigenvalue weighted by Gasteiger charge is 2.44. The Balaban J connectivity index is 1.72. The van der Waals surface area contributed by atoms with Crippen molar-refractivity contribution in [3.63, 3.8) is 0 Å². The summed E-state index contributed by atoms with van der Waals surface area (Å²) in [6, 6.07) is 15.0. The fourth-order valence-corrected chi connectivity index (χ4v) is 4.75. The molecular weight excluding hydrogens is 497 g/mol. The van der Waals surface area contributed by atoms with Crippen LogP contribution in [0.25, 0.3) is 11.0 Å². The highest BCUT2D eigenvalue weighted by molar-refractivity contribution is 6.31. The molecule has 0 N–H and O–H groups in total. The van der Waals surface area contributed by atoms with E-state index in [-0.39, 0.29) is 22.3 Å². The molecule has 1 unspecified atom stereocenters. The first-order valence-electron chi connectivity index (χ1n) is 12.2. The van der Waals surface area contributed by atoms with Gasteiger partial charge in [0.2, 0.25) is 5.76 Å². The summed E-state index contributed by atoms with van der Waals surface area (Å²) < 4.78 is 31.7. The molecule has 1 aromatic heterocycles. The van der Waals surface area contributed by atoms with Crippen molar-refractivity contribution >= 4 is 34.2 Å². The lowest BCUT2D eigenvalue weighted by Crippen LogP contribution is -2.29. The average Bonchev–Trinajstić information content (AvgIpc) is 3.18. The molecule has 4 aromatic rings. The van der Waals surface area contributed by atoms with Crippen LogP contribution in [0.2, 0.25) is 5.02 Å². The number of benzene rings is 3. The SMILES string of the molecule is CCCCOc1ccc(C2c3c(oc4ccc(F)cc4c3=O)C(=O)N2c2cccc(Cl)c2)cc1OCC. The first kappa shape index (κ1) is 24.8. The molecular formula is C29H25ClFNO5. The van der Waals surface area contributed by atoms with Gasteiger partial charge < -0.3 is 13.9 Å². The van der Waals surface area contributed by atoms with Gasteiger partial charge in [-0.15, -0.1) is 0 Å². The van der Waals surface area contributed by atoms with Gasteiger partial charge >= 0.3 is 0 Å². The molecule has 37 heavy (non-hydrogen) atoms. The molecule has 6 nitrogen and oxygen atoms in total. The van der Waals surface area contributed by atoms with Crippen molar-refractivity contribution in [3.05, 3.63) is 98.6 Å². The molecule has 0 spiro atoms. The molecule has 1 aliphatic heterocycles. The van der Waals surface area contributed by atoms with Crippen LogP contribution in [0, 0.1) is 5.82 Å². The van der Waals surface area contributed by atoms with Gasteiger partial charge in [-0.05, 0) is 67.4 Å². The minimum Gasteiger partial charge on any atom is -0.490 e. The molecule has 2 heterocycles. The highest BCUT2D eigenvalue weighted by Crippen LogP contribution is 2.43. The molecule has 0 radical (unpaired) electrons. The molecule has 0 saturated heterocycles. The van der Waals surface area contributed by atoms with Gasteiger partial charge in [0, 0.05) is 10.7 Å². The Morgan fingerprint density at radius 1 is 1.00 bits per heavy atom. The normalized spacial score (nSPS) is 14.8. The largest absolute Gasteiger partial charge is 0.490 e. The fourth-order valence-electron chi connectivity index (χ4n) is 4.56. The van der Waals surface area contributed by atoms with E-state index in [0.717, 1.165) is 18.9 Å². The number of carbonyl (C=O) groups excluding carboxylic acids is 1. The molecule has 0 saturated carbocycles. The standard InChI is InChI=1S/C29H25ClFNO5/c1-3-5-13-36-23-11-9-17(14-24(23)35-4-2)26-25-27(33)21-16-19(31)10-12-22(21)37-28(25)29(34)32(26)20-8-6-7-18(30)15-20/h6-12,14-16,26H,3-5,13H2,1-2H3. The van der Waals surface area contributed by atoms with E-state index in [1.807, 2.05) is 6.92 Å². The Hall–Kier alpha value is -3.84. The number of anilines is 1. The van der Waals surface area contributed by atoms with Crippen molar-refractivity contribution in [1.29, 1.82) is 0 Å². The Bertz CT molecular complexity index is 1550. The summed E-state index contributed by atoms with van der Waals surface area (Å²) in [5.74, 6) is -0.0774. The first-order chi connectivity index (χ1) is 17.9. The number of ether oxygens (including phenoxy) is 2. The summed E-state index contributed by atoms with van der Waals surface area (Å²) in [7, 11) is 0. The van der Waals surface area contributed by atoms with Crippen LogP contribution in [0.5, 0.6) is 11.5 Å². The molecule has 190 valence electrons. The van der Waals surface area contributed by atoms with Crippen molar-refractivity contribution in [3.8, 4) is 11.5 Å². The van der Waals surface area contributed by atoms with Crippen molar-refractivity contribution < 1.29 is 23.1 Å². The van der Waals surface area contributed by atoms with Gasteiger partial charge in [-0.2, -0.15) is 0 Å². The monoisotopic (exact) mass is 521 g/mol. The number of rotatable bonds is 8. The molecule has 3 aromatic carbocycles. The summed E-state index contributed by atoms with van der Waals surface area (Å²) in [6.45, 7) is 4.88. The molecule has 5 rings (SSSR count). The van der Waals surface area contributed by atoms with E-state index < -0.39 is 23.2 Å². The third-order valence-corrected chi connectivity index (χ3v) is 6.49. The van der Waals surface area contributed by atoms with Gasteiger partial charge in [0.25, 0.3) is 5.91 Å². The maximum absolute atomic E-state index is 14.1. The maximum atomic E-state index is 14.1. The second-order valence-corrected chi connectivity index (χ2v) is 9.15. The Kier molecular flexibility index (Phi) is 6.89. The lowest BCUT2D eigenvalue weighted by molar-refractivity contribution is 0.0971. The number of carbonyl (C=O) groups is 1. The average molecular weight is 522 g/mol. The minimum absolute atomic E-state index is 0.0639. The van der Waals surface area contributed by atoms with Crippen LogP contribution < -0.4 is 19.8 Å². The van der Waals surface area contributed by atoms with E-state index in [0.29, 0.717) is 41.0 Å². The van der Waals surface area contributed by atoms with E-state index in [1.54, 1.807) is 42.5 Å². The lowest BCUT2D eigenvalue weighted by Gasteiger charge is -2.26. The quantitative estimate of drug-likeness (QED) is 0.236. The van der Waals surface area contributed by atoms with Crippen LogP contribution >= 0.6 is 11.6 Å². The number of amides is 1. The van der Waals surface area contributed by atoms with Crippen LogP contribution in [0.15, 0.2) is 69.9 Å². The van der Waals surface area contributed by atoms with E-state index in [1.165, 1.54) is 17.0 Å². The summed E-state index contributed by atoms with van der Waals surface area (Å²) in [6.07, 6.45) is 1.88. The Morgan fingerprint density at radius 3 is 2.59 bits per heavy atom. The topological polar surface area (TPSA) is 69.0 Å². The third kappa shape index (κ3) is 4.55. The zero-order valence-corrected chi connectivity index (χ0v) is 21.2. The van der Waals surface area contributed by atoms with E-state index in [2.05, 4.69) is 6.92 Å². The van der Waals surface area contributed by atoms with E-state index >= 15 is 0 Å². The number of nitrogens with zero attached hydrogens (tertiary/aromatic N) is 1. The minimum atomic E-state index is -0.853. The van der Waals surface area contributed by atoms with Crippen LogP contribution in [-0.4, -0.2) is 19.1 Å². The summed E-state index contributed by atoms with van der Waals surface area (Å²) in [4.78, 5) is 28.9. The summed E-state index contributed by atoms with van der Waals surface area (Å²) >= 11 is 6.26. The number of halogens is 2. The molecule has 8 heteroatoms. The van der Waals surface area contributed by atoms with Crippen molar-refractivity contribution in [1.82, 2.24) is 0 Å². The van der Waals surface area contributed by atoms with Gasteiger partial charge in [0.05, 0.1) is 30.2 Å². The molecule has 0 fully saturated rings. The number of unbranched alkanes of at least 4 members (excludes halogenated alkanes) is 1. The zero-order valence-electron chi connectivity index (χ0n) is 20.4. The predicted octanol–water partition coefficient (Wildman–Crippen LogP) is 6.91. The van der Waals surface area contributed by atoms with E-state index in [9.17, 15) is 14.0 Å². The van der Waals surface area contributed by atoms with E-state index in [4.69, 9.17) is 25.5 Å². The smallest absolute Gasteiger partial charge is 0.295 e. The van der Waals surface area contributed by atoms with Gasteiger partial charge in [-0.1, -0.05) is 37.1 Å². The lowest BCUT2D eigenvalue weighted by atomic mass is 9.97. The second kappa shape index (κ2) is 10.3. The molecule has 1 atom stereocenters. The van der Waals surface area contributed by atoms with Gasteiger partial charge in [0.15, 0.2) is 16.9 Å². The van der Waals surface area contributed by atoms with Gasteiger partial charge in [0.1, 0.15) is 11.4 Å². The second-order valence-electron chi connectivity index (χ2n) is 8.71. The van der Waals surface area contributed by atoms with Crippen LogP contribution in [0.4, 0.5) is 10.1 Å². The number of hydrogen-bond acceptors (Lipinski definition) is 5. The maximum Gasteiger partial charge on any atom is 0.295 e. The number of hydrogen-bond donors (Lipinski definition) is 0. The van der Waals surface area contributed by atoms with Crippen molar-refractivity contribution in [2.24, 2.45) is 0 Å². The van der Waals surface area contributed by atoms with Crippen LogP contribution in [-0.2, 0) is 0 Å². The predicted molar refractivity (Wildman–Crippen MR) is 141 cm³/mol. The Morgan fingerprint density at radius 2 is 1.84 bits per heavy atom. The van der Waals surface area contributed by atoms with Crippen LogP contribution in [0.3, 0.4) is 0 Å². The molecule has 1 aliphatic rings. The van der Waals surface area contributed by atoms with Crippen molar-refractivity contribution in [2.75, 3.05) is 18.1 Å². The zero-order chi connectivity index (χ0) is 26.1. The molecule has 1 amide bonds. The third-order valence-electron chi connectivity index (χ3n) is 6.26. The fraction of sp³-hybridized carbons (Fsp3) is 0.241. The molecule has 0 bridgehead atoms. The van der Waals surface area contributed by atoms with Gasteiger partial charge in [-0.25, -0.2) is 4.39 Å². The first-order valence-corrected chi connectivity index (χ1v) is 12.6. The highest BCUT2D eigenvalue weighted by atomic mass is 35.5. The van der Waals surface area contributed by atoms with Gasteiger partial charge in [-0.3, -0.25) is 14.5 Å². The van der Waals surface area contributed by atoms with Crippen LogP contribution in [0.1, 0.15) is 54.4 Å². The summed E-state index contributed by atoms with van der Waals surface area (Å²) in [5.41, 5.74) is 0.899. The van der Waals surface area contributed by atoms with Crippen molar-refractivity contribution in [2.45, 2.75) is 32.7 Å².